The Hall–Kier alpha value is -0.180. The molecule has 0 aromatic heterocycles. The minimum Gasteiger partial charge on any atom is -0.350 e. The molecule has 0 aliphatic rings. The fourth-order valence-electron chi connectivity index (χ4n) is 2.07. The topological polar surface area (TPSA) is 29.1 Å². The quantitative estimate of drug-likeness (QED) is 0.831. The lowest BCUT2D eigenvalue weighted by Gasteiger charge is -2.33. The van der Waals surface area contributed by atoms with Crippen molar-refractivity contribution in [2.24, 2.45) is 5.41 Å². The lowest BCUT2D eigenvalue weighted by Crippen LogP contribution is -2.46. The van der Waals surface area contributed by atoms with Gasteiger partial charge in [-0.25, -0.2) is 0 Å². The second-order valence-corrected chi connectivity index (χ2v) is 9.37. The van der Waals surface area contributed by atoms with E-state index in [2.05, 4.69) is 60.7 Å². The summed E-state index contributed by atoms with van der Waals surface area (Å²) >= 11 is 1.69. The van der Waals surface area contributed by atoms with Crippen LogP contribution in [0.15, 0.2) is 0 Å². The van der Waals surface area contributed by atoms with Gasteiger partial charge in [-0.1, -0.05) is 41.5 Å². The first-order chi connectivity index (χ1) is 7.31. The van der Waals surface area contributed by atoms with Gasteiger partial charge in [-0.05, 0) is 25.7 Å². The number of nitrogens with one attached hydrogen (secondary N) is 1. The number of thioether (sulfide) groups is 1. The molecule has 0 heterocycles. The van der Waals surface area contributed by atoms with Gasteiger partial charge in [0.15, 0.2) is 0 Å². The fraction of sp³-hybridized carbons (Fsp3) is 0.929. The molecule has 0 aliphatic heterocycles. The monoisotopic (exact) mass is 259 g/mol. The van der Waals surface area contributed by atoms with Crippen LogP contribution in [0.25, 0.3) is 0 Å². The predicted molar refractivity (Wildman–Crippen MR) is 78.5 cm³/mol. The maximum absolute atomic E-state index is 11.9. The molecule has 17 heavy (non-hydrogen) atoms. The van der Waals surface area contributed by atoms with Gasteiger partial charge in [0.2, 0.25) is 5.91 Å². The van der Waals surface area contributed by atoms with Gasteiger partial charge >= 0.3 is 0 Å². The standard InChI is InChI=1S/C14H29NOS/c1-12(2,3)10-14(7,8)15-11(16)9-17-13(4,5)6/h9-10H2,1-8H3,(H,15,16). The van der Waals surface area contributed by atoms with Crippen molar-refractivity contribution in [3.8, 4) is 0 Å². The van der Waals surface area contributed by atoms with Crippen molar-refractivity contribution in [3.63, 3.8) is 0 Å². The van der Waals surface area contributed by atoms with E-state index < -0.39 is 0 Å². The highest BCUT2D eigenvalue weighted by Gasteiger charge is 2.27. The average molecular weight is 259 g/mol. The summed E-state index contributed by atoms with van der Waals surface area (Å²) in [5, 5.41) is 3.13. The third kappa shape index (κ3) is 10.7. The van der Waals surface area contributed by atoms with Gasteiger partial charge in [-0.3, -0.25) is 4.79 Å². The Labute approximate surface area is 111 Å². The molecule has 0 unspecified atom stereocenters. The van der Waals surface area contributed by atoms with E-state index in [1.165, 1.54) is 0 Å². The third-order valence-corrected chi connectivity index (χ3v) is 3.36. The Morgan fingerprint density at radius 1 is 1.00 bits per heavy atom. The van der Waals surface area contributed by atoms with Gasteiger partial charge in [0.25, 0.3) is 0 Å². The maximum atomic E-state index is 11.9. The molecule has 102 valence electrons. The maximum Gasteiger partial charge on any atom is 0.230 e. The number of hydrogen-bond acceptors (Lipinski definition) is 2. The SMILES string of the molecule is CC(C)(C)CC(C)(C)NC(=O)CSC(C)(C)C. The zero-order valence-corrected chi connectivity index (χ0v) is 13.5. The Morgan fingerprint density at radius 2 is 1.47 bits per heavy atom. The first-order valence-corrected chi connectivity index (χ1v) is 7.24. The number of amides is 1. The van der Waals surface area contributed by atoms with E-state index in [0.717, 1.165) is 6.42 Å². The van der Waals surface area contributed by atoms with Crippen molar-refractivity contribution < 1.29 is 4.79 Å². The minimum absolute atomic E-state index is 0.131. The van der Waals surface area contributed by atoms with Crippen molar-refractivity contribution in [2.45, 2.75) is 72.1 Å². The van der Waals surface area contributed by atoms with Crippen LogP contribution in [-0.4, -0.2) is 21.9 Å². The summed E-state index contributed by atoms with van der Waals surface area (Å²) < 4.78 is 0.144. The van der Waals surface area contributed by atoms with Crippen LogP contribution in [0.5, 0.6) is 0 Å². The molecule has 0 aliphatic carbocycles. The Kier molecular flexibility index (Phi) is 5.58. The lowest BCUT2D eigenvalue weighted by atomic mass is 9.82. The molecule has 0 rings (SSSR count). The molecule has 2 nitrogen and oxygen atoms in total. The second-order valence-electron chi connectivity index (χ2n) is 7.57. The Balaban J connectivity index is 4.19. The first-order valence-electron chi connectivity index (χ1n) is 6.26. The normalized spacial score (nSPS) is 13.6. The molecule has 0 fully saturated rings. The van der Waals surface area contributed by atoms with Crippen molar-refractivity contribution in [2.75, 3.05) is 5.75 Å². The molecule has 1 N–H and O–H groups in total. The Morgan fingerprint density at radius 3 is 1.82 bits per heavy atom. The molecule has 1 amide bonds. The molecular weight excluding hydrogens is 230 g/mol. The smallest absolute Gasteiger partial charge is 0.230 e. The van der Waals surface area contributed by atoms with E-state index in [-0.39, 0.29) is 21.6 Å². The van der Waals surface area contributed by atoms with Crippen LogP contribution in [0.2, 0.25) is 0 Å². The van der Waals surface area contributed by atoms with Crippen LogP contribution < -0.4 is 5.32 Å². The molecule has 0 atom stereocenters. The highest BCUT2D eigenvalue weighted by molar-refractivity contribution is 8.01. The van der Waals surface area contributed by atoms with Gasteiger partial charge in [-0.15, -0.1) is 11.8 Å². The first kappa shape index (κ1) is 16.8. The van der Waals surface area contributed by atoms with Crippen LogP contribution in [0, 0.1) is 5.41 Å². The number of hydrogen-bond donors (Lipinski definition) is 1. The van der Waals surface area contributed by atoms with Gasteiger partial charge in [0, 0.05) is 10.3 Å². The van der Waals surface area contributed by atoms with Crippen molar-refractivity contribution >= 4 is 17.7 Å². The summed E-state index contributed by atoms with van der Waals surface area (Å²) in [6.07, 6.45) is 0.978. The van der Waals surface area contributed by atoms with Gasteiger partial charge in [0.1, 0.15) is 0 Å². The average Bonchev–Trinajstić information content (AvgIpc) is 1.93. The van der Waals surface area contributed by atoms with Crippen molar-refractivity contribution in [1.29, 1.82) is 0 Å². The van der Waals surface area contributed by atoms with E-state index in [9.17, 15) is 4.79 Å². The van der Waals surface area contributed by atoms with Gasteiger partial charge in [-0.2, -0.15) is 0 Å². The van der Waals surface area contributed by atoms with Crippen LogP contribution in [0.1, 0.15) is 61.8 Å². The second kappa shape index (κ2) is 5.64. The lowest BCUT2D eigenvalue weighted by molar-refractivity contribution is -0.120. The van der Waals surface area contributed by atoms with Crippen molar-refractivity contribution in [3.05, 3.63) is 0 Å². The predicted octanol–water partition coefficient (Wildman–Crippen LogP) is 3.85. The van der Waals surface area contributed by atoms with E-state index in [1.54, 1.807) is 11.8 Å². The molecule has 3 heteroatoms. The fourth-order valence-corrected chi connectivity index (χ4v) is 2.70. The molecule has 0 saturated heterocycles. The summed E-state index contributed by atoms with van der Waals surface area (Å²) in [6, 6.07) is 0. The largest absolute Gasteiger partial charge is 0.350 e. The van der Waals surface area contributed by atoms with Crippen LogP contribution >= 0.6 is 11.8 Å². The van der Waals surface area contributed by atoms with Crippen LogP contribution in [-0.2, 0) is 4.79 Å². The molecule has 0 aromatic carbocycles. The number of carbonyl (C=O) groups excluding carboxylic acids is 1. The van der Waals surface area contributed by atoms with Gasteiger partial charge < -0.3 is 5.32 Å². The number of carbonyl (C=O) groups is 1. The highest BCUT2D eigenvalue weighted by atomic mass is 32.2. The summed E-state index contributed by atoms with van der Waals surface area (Å²) in [4.78, 5) is 11.9. The van der Waals surface area contributed by atoms with E-state index in [4.69, 9.17) is 0 Å². The van der Waals surface area contributed by atoms with Gasteiger partial charge in [0.05, 0.1) is 5.75 Å². The molecule has 0 radical (unpaired) electrons. The zero-order chi connectivity index (χ0) is 13.9. The highest BCUT2D eigenvalue weighted by Crippen LogP contribution is 2.27. The summed E-state index contributed by atoms with van der Waals surface area (Å²) in [7, 11) is 0. The third-order valence-electron chi connectivity index (χ3n) is 2.09. The molecule has 0 bridgehead atoms. The van der Waals surface area contributed by atoms with Crippen molar-refractivity contribution in [1.82, 2.24) is 5.32 Å². The molecule has 0 aromatic rings. The van der Waals surface area contributed by atoms with Crippen LogP contribution in [0.4, 0.5) is 0 Å². The summed E-state index contributed by atoms with van der Waals surface area (Å²) in [5.41, 5.74) is 0.0989. The van der Waals surface area contributed by atoms with E-state index >= 15 is 0 Å². The Bertz CT molecular complexity index is 258. The molecular formula is C14H29NOS. The zero-order valence-electron chi connectivity index (χ0n) is 12.7. The van der Waals surface area contributed by atoms with E-state index in [1.807, 2.05) is 0 Å². The summed E-state index contributed by atoms with van der Waals surface area (Å²) in [5.74, 6) is 0.677. The minimum atomic E-state index is -0.131. The van der Waals surface area contributed by atoms with E-state index in [0.29, 0.717) is 5.75 Å². The molecule has 0 saturated carbocycles. The molecule has 0 spiro atoms. The van der Waals surface area contributed by atoms with Crippen LogP contribution in [0.3, 0.4) is 0 Å². The summed E-state index contributed by atoms with van der Waals surface area (Å²) in [6.45, 7) is 17.2. The number of rotatable bonds is 4.